The Kier molecular flexibility index (Phi) is 3.06. The summed E-state index contributed by atoms with van der Waals surface area (Å²) in [5.41, 5.74) is 0.664. The van der Waals surface area contributed by atoms with E-state index in [-0.39, 0.29) is 11.4 Å². The van der Waals surface area contributed by atoms with Crippen LogP contribution in [0, 0.1) is 19.1 Å². The smallest absolute Gasteiger partial charge is 0.422 e. The summed E-state index contributed by atoms with van der Waals surface area (Å²) in [7, 11) is 0. The minimum absolute atomic E-state index is 0.0805. The van der Waals surface area contributed by atoms with E-state index >= 15 is 0 Å². The van der Waals surface area contributed by atoms with Crippen LogP contribution in [0.4, 0.5) is 13.2 Å². The molecule has 0 saturated heterocycles. The number of nitrogens with zero attached hydrogens (tertiary/aromatic N) is 1. The van der Waals surface area contributed by atoms with Gasteiger partial charge in [0.15, 0.2) is 18.5 Å². The molecule has 15 heavy (non-hydrogen) atoms. The number of alkyl halides is 3. The van der Waals surface area contributed by atoms with Crippen molar-refractivity contribution in [3.05, 3.63) is 28.7 Å². The average molecular weight is 221 g/mol. The van der Waals surface area contributed by atoms with Gasteiger partial charge in [-0.05, 0) is 6.92 Å². The van der Waals surface area contributed by atoms with Crippen molar-refractivity contribution < 1.29 is 22.6 Å². The van der Waals surface area contributed by atoms with Gasteiger partial charge in [-0.3, -0.25) is 0 Å². The Bertz CT molecular complexity index is 363. The van der Waals surface area contributed by atoms with Crippen molar-refractivity contribution in [1.29, 1.82) is 0 Å². The molecular weight excluding hydrogens is 211 g/mol. The Balaban J connectivity index is 2.82. The molecule has 84 valence electrons. The van der Waals surface area contributed by atoms with Crippen LogP contribution in [0.2, 0.25) is 0 Å². The molecule has 0 atom stereocenters. The van der Waals surface area contributed by atoms with Gasteiger partial charge in [-0.15, -0.1) is 0 Å². The first-order valence-corrected chi connectivity index (χ1v) is 4.19. The topological polar surface area (TPSA) is 36.2 Å². The van der Waals surface area contributed by atoms with Crippen LogP contribution in [0.25, 0.3) is 0 Å². The lowest BCUT2D eigenvalue weighted by molar-refractivity contribution is -0.612. The van der Waals surface area contributed by atoms with Gasteiger partial charge in [-0.2, -0.15) is 17.9 Å². The van der Waals surface area contributed by atoms with Crippen LogP contribution >= 0.6 is 0 Å². The first kappa shape index (κ1) is 11.6. The first-order valence-electron chi connectivity index (χ1n) is 4.19. The van der Waals surface area contributed by atoms with E-state index in [0.717, 1.165) is 0 Å². The highest BCUT2D eigenvalue weighted by Gasteiger charge is 2.29. The Labute approximate surface area is 84.7 Å². The quantitative estimate of drug-likeness (QED) is 0.564. The Morgan fingerprint density at radius 1 is 1.40 bits per heavy atom. The van der Waals surface area contributed by atoms with Crippen LogP contribution in [0.15, 0.2) is 12.3 Å². The van der Waals surface area contributed by atoms with Crippen molar-refractivity contribution in [1.82, 2.24) is 0 Å². The summed E-state index contributed by atoms with van der Waals surface area (Å²) in [6, 6.07) is 1.29. The third-order valence-electron chi connectivity index (χ3n) is 1.78. The average Bonchev–Trinajstić information content (AvgIpc) is 2.07. The van der Waals surface area contributed by atoms with Gasteiger partial charge in [0.05, 0.1) is 5.56 Å². The van der Waals surface area contributed by atoms with Crippen molar-refractivity contribution >= 4 is 0 Å². The number of hydrogen-bond acceptors (Lipinski definition) is 2. The molecule has 0 saturated carbocycles. The molecule has 1 aromatic heterocycles. The van der Waals surface area contributed by atoms with Gasteiger partial charge >= 0.3 is 6.18 Å². The monoisotopic (exact) mass is 221 g/mol. The van der Waals surface area contributed by atoms with Crippen molar-refractivity contribution in [3.63, 3.8) is 0 Å². The predicted octanol–water partition coefficient (Wildman–Crippen LogP) is 1.88. The van der Waals surface area contributed by atoms with Gasteiger partial charge in [0.25, 0.3) is 0 Å². The van der Waals surface area contributed by atoms with E-state index in [9.17, 15) is 18.4 Å². The van der Waals surface area contributed by atoms with E-state index in [0.29, 0.717) is 10.3 Å². The van der Waals surface area contributed by atoms with E-state index in [1.54, 1.807) is 0 Å². The van der Waals surface area contributed by atoms with Gasteiger partial charge in [-0.25, -0.2) is 0 Å². The van der Waals surface area contributed by atoms with Crippen LogP contribution in [-0.4, -0.2) is 12.8 Å². The van der Waals surface area contributed by atoms with Crippen LogP contribution in [0.1, 0.15) is 11.3 Å². The molecule has 0 aromatic carbocycles. The summed E-state index contributed by atoms with van der Waals surface area (Å²) in [6.45, 7) is 1.66. The van der Waals surface area contributed by atoms with Gasteiger partial charge in [0.2, 0.25) is 0 Å². The molecule has 1 rings (SSSR count). The third kappa shape index (κ3) is 3.30. The molecule has 0 amide bonds. The molecule has 6 heteroatoms. The third-order valence-corrected chi connectivity index (χ3v) is 1.78. The molecule has 0 aliphatic carbocycles. The lowest BCUT2D eigenvalue weighted by Gasteiger charge is -2.11. The van der Waals surface area contributed by atoms with Crippen LogP contribution in [0.5, 0.6) is 5.75 Å². The summed E-state index contributed by atoms with van der Waals surface area (Å²) >= 11 is 0. The zero-order valence-corrected chi connectivity index (χ0v) is 8.26. The van der Waals surface area contributed by atoms with Crippen molar-refractivity contribution in [2.24, 2.45) is 0 Å². The second-order valence-electron chi connectivity index (χ2n) is 3.19. The molecule has 1 aromatic rings. The van der Waals surface area contributed by atoms with Gasteiger partial charge in [0, 0.05) is 13.0 Å². The standard InChI is InChI=1S/C9H10F3NO2/c1-6-4-13(14)7(2)3-8(6)15-5-9(10,11)12/h3-4H,5H2,1-2H3. The molecule has 3 nitrogen and oxygen atoms in total. The maximum absolute atomic E-state index is 11.9. The number of aromatic nitrogens is 1. The second kappa shape index (κ2) is 3.96. The number of aryl methyl sites for hydroxylation is 2. The minimum Gasteiger partial charge on any atom is -0.618 e. The molecule has 0 fully saturated rings. The van der Waals surface area contributed by atoms with Crippen LogP contribution < -0.4 is 9.47 Å². The molecule has 0 bridgehead atoms. The fraction of sp³-hybridized carbons (Fsp3) is 0.444. The second-order valence-corrected chi connectivity index (χ2v) is 3.19. The van der Waals surface area contributed by atoms with E-state index in [2.05, 4.69) is 4.74 Å². The predicted molar refractivity (Wildman–Crippen MR) is 46.4 cm³/mol. The molecule has 0 unspecified atom stereocenters. The lowest BCUT2D eigenvalue weighted by Crippen LogP contribution is -2.30. The lowest BCUT2D eigenvalue weighted by atomic mass is 10.2. The normalized spacial score (nSPS) is 11.5. The maximum Gasteiger partial charge on any atom is 0.422 e. The van der Waals surface area contributed by atoms with E-state index in [1.165, 1.54) is 26.1 Å². The Hall–Kier alpha value is -1.46. The molecule has 0 aliphatic heterocycles. The summed E-state index contributed by atoms with van der Waals surface area (Å²) < 4.78 is 40.7. The number of halogens is 3. The first-order chi connectivity index (χ1) is 6.79. The largest absolute Gasteiger partial charge is 0.618 e. The fourth-order valence-electron chi connectivity index (χ4n) is 1.02. The summed E-state index contributed by atoms with van der Waals surface area (Å²) in [5, 5.41) is 11.0. The number of rotatable bonds is 2. The van der Waals surface area contributed by atoms with Crippen molar-refractivity contribution in [3.8, 4) is 5.75 Å². The maximum atomic E-state index is 11.9. The Morgan fingerprint density at radius 2 is 2.00 bits per heavy atom. The van der Waals surface area contributed by atoms with Crippen molar-refractivity contribution in [2.75, 3.05) is 6.61 Å². The fourth-order valence-corrected chi connectivity index (χ4v) is 1.02. The molecule has 0 radical (unpaired) electrons. The van der Waals surface area contributed by atoms with E-state index in [1.807, 2.05) is 0 Å². The van der Waals surface area contributed by atoms with E-state index in [4.69, 9.17) is 0 Å². The Morgan fingerprint density at radius 3 is 2.53 bits per heavy atom. The summed E-state index contributed by atoms with van der Waals surface area (Å²) in [4.78, 5) is 0. The molecule has 0 spiro atoms. The van der Waals surface area contributed by atoms with Crippen LogP contribution in [-0.2, 0) is 0 Å². The molecular formula is C9H10F3NO2. The minimum atomic E-state index is -4.37. The highest BCUT2D eigenvalue weighted by atomic mass is 19.4. The van der Waals surface area contributed by atoms with Gasteiger partial charge in [0.1, 0.15) is 5.75 Å². The van der Waals surface area contributed by atoms with Crippen molar-refractivity contribution in [2.45, 2.75) is 20.0 Å². The highest BCUT2D eigenvalue weighted by molar-refractivity contribution is 5.29. The van der Waals surface area contributed by atoms with E-state index < -0.39 is 12.8 Å². The highest BCUT2D eigenvalue weighted by Crippen LogP contribution is 2.21. The summed E-state index contributed by atoms with van der Waals surface area (Å²) in [5.74, 6) is 0.0805. The zero-order chi connectivity index (χ0) is 11.6. The molecule has 1 heterocycles. The number of pyridine rings is 1. The van der Waals surface area contributed by atoms with Crippen LogP contribution in [0.3, 0.4) is 0 Å². The SMILES string of the molecule is Cc1c[n+]([O-])c(C)cc1OCC(F)(F)F. The van der Waals surface area contributed by atoms with Gasteiger partial charge < -0.3 is 9.94 Å². The van der Waals surface area contributed by atoms with Gasteiger partial charge in [-0.1, -0.05) is 0 Å². The molecule has 0 aliphatic rings. The number of ether oxygens (including phenoxy) is 1. The zero-order valence-electron chi connectivity index (χ0n) is 8.26. The summed E-state index contributed by atoms with van der Waals surface area (Å²) in [6.07, 6.45) is -3.19. The number of hydrogen-bond donors (Lipinski definition) is 0. The molecule has 0 N–H and O–H groups in total.